The van der Waals surface area contributed by atoms with E-state index in [9.17, 15) is 19.3 Å². The molecule has 0 fully saturated rings. The van der Waals surface area contributed by atoms with Crippen LogP contribution in [0, 0.1) is 18.8 Å². The molecule has 0 aliphatic rings. The number of halogens is 2. The van der Waals surface area contributed by atoms with Crippen LogP contribution in [0.3, 0.4) is 0 Å². The van der Waals surface area contributed by atoms with Crippen molar-refractivity contribution in [2.45, 2.75) is 47.4 Å². The number of aryl methyl sites for hydroxylation is 2. The van der Waals surface area contributed by atoms with Gasteiger partial charge >= 0.3 is 17.6 Å². The summed E-state index contributed by atoms with van der Waals surface area (Å²) in [6.07, 6.45) is 2.46. The van der Waals surface area contributed by atoms with E-state index in [0.29, 0.717) is 38.5 Å². The molecule has 2 heterocycles. The average molecular weight is 813 g/mol. The molecule has 0 spiro atoms. The summed E-state index contributed by atoms with van der Waals surface area (Å²) in [6, 6.07) is 29.7. The zero-order chi connectivity index (χ0) is 40.9. The predicted octanol–water partition coefficient (Wildman–Crippen LogP) is 7.74. The molecule has 0 saturated carbocycles. The molecule has 13 nitrogen and oxygen atoms in total. The van der Waals surface area contributed by atoms with Crippen LogP contribution in [0.1, 0.15) is 62.8 Å². The van der Waals surface area contributed by atoms with Crippen molar-refractivity contribution in [3.63, 3.8) is 0 Å². The minimum Gasteiger partial charge on any atom is -0.489 e. The van der Waals surface area contributed by atoms with Gasteiger partial charge in [-0.25, -0.2) is 19.6 Å². The quantitative estimate of drug-likeness (QED) is 0.0907. The van der Waals surface area contributed by atoms with Gasteiger partial charge in [0.15, 0.2) is 10.4 Å². The molecule has 0 amide bonds. The smallest absolute Gasteiger partial charge is 0.413 e. The Morgan fingerprint density at radius 2 is 1.28 bits per heavy atom. The molecule has 2 aromatic heterocycles. The van der Waals surface area contributed by atoms with E-state index in [-0.39, 0.29) is 43.5 Å². The first-order chi connectivity index (χ1) is 27.4. The molecule has 57 heavy (non-hydrogen) atoms. The van der Waals surface area contributed by atoms with Gasteiger partial charge < -0.3 is 19.5 Å². The number of benzene rings is 4. The predicted molar refractivity (Wildman–Crippen MR) is 217 cm³/mol. The maximum Gasteiger partial charge on any atom is 0.413 e. The summed E-state index contributed by atoms with van der Waals surface area (Å²) in [7, 11) is 0. The van der Waals surface area contributed by atoms with E-state index in [1.807, 2.05) is 67.6 Å². The standard InChI is InChI=1S/C28H26ClN3O4.C14H15ClN3O3/c1-3-35-27(34)25-16-30-28(32(26(25)33)17-20-8-10-22(29)11-9-20)31-23-12-14-24(15-13-23)36-18-21-6-4-19(2)5-7-21;1-3-21-14(19)13-8-16-10(2)17(18(13)20)9-11-4-6-12(15)7-5-11/h4-16H,3,17-18H2,1-2H3,(H,30,31);4-8H,3,9H2,1-2H3/q;+1. The molecule has 0 radical (unpaired) electrons. The number of hydrogen-bond acceptors (Lipinski definition) is 10. The molecule has 6 aromatic rings. The van der Waals surface area contributed by atoms with Gasteiger partial charge in [0, 0.05) is 15.7 Å². The van der Waals surface area contributed by atoms with Crippen LogP contribution in [0.15, 0.2) is 114 Å². The fourth-order valence-electron chi connectivity index (χ4n) is 5.28. The summed E-state index contributed by atoms with van der Waals surface area (Å²) in [5.41, 5.74) is 3.92. The number of nitrogens with one attached hydrogen (secondary N) is 1. The van der Waals surface area contributed by atoms with E-state index in [2.05, 4.69) is 27.4 Å². The highest BCUT2D eigenvalue weighted by atomic mass is 35.5. The third kappa shape index (κ3) is 11.6. The third-order valence-corrected chi connectivity index (χ3v) is 8.84. The number of carbonyl (C=O) groups excluding carboxylic acids is 2. The normalized spacial score (nSPS) is 10.6. The molecular weight excluding hydrogens is 771 g/mol. The second-order valence-corrected chi connectivity index (χ2v) is 13.4. The van der Waals surface area contributed by atoms with Gasteiger partial charge in [0.1, 0.15) is 30.7 Å². The fraction of sp³-hybridized carbons (Fsp3) is 0.214. The van der Waals surface area contributed by atoms with Gasteiger partial charge in [-0.3, -0.25) is 9.36 Å². The molecule has 0 atom stereocenters. The van der Waals surface area contributed by atoms with Crippen molar-refractivity contribution < 1.29 is 28.3 Å². The first kappa shape index (κ1) is 41.8. The highest BCUT2D eigenvalue weighted by Gasteiger charge is 2.25. The Balaban J connectivity index is 0.000000251. The molecule has 1 N–H and O–H groups in total. The Bertz CT molecular complexity index is 2420. The number of ether oxygens (including phenoxy) is 3. The van der Waals surface area contributed by atoms with Gasteiger partial charge in [-0.05, 0) is 92.9 Å². The summed E-state index contributed by atoms with van der Waals surface area (Å²) in [5, 5.41) is 4.38. The van der Waals surface area contributed by atoms with Crippen molar-refractivity contribution in [2.24, 2.45) is 0 Å². The Labute approximate surface area is 339 Å². The highest BCUT2D eigenvalue weighted by Crippen LogP contribution is 2.21. The number of esters is 2. The molecule has 0 bridgehead atoms. The summed E-state index contributed by atoms with van der Waals surface area (Å²) >= 11 is 11.8. The monoisotopic (exact) mass is 811 g/mol. The molecule has 6 rings (SSSR count). The van der Waals surface area contributed by atoms with Crippen molar-refractivity contribution in [3.8, 4) is 5.75 Å². The van der Waals surface area contributed by atoms with Gasteiger partial charge in [-0.2, -0.15) is 0 Å². The molecule has 15 heteroatoms. The van der Waals surface area contributed by atoms with E-state index in [1.54, 1.807) is 45.0 Å². The first-order valence-corrected chi connectivity index (χ1v) is 18.7. The van der Waals surface area contributed by atoms with E-state index in [4.69, 9.17) is 37.4 Å². The third-order valence-electron chi connectivity index (χ3n) is 8.34. The second-order valence-electron chi connectivity index (χ2n) is 12.5. The van der Waals surface area contributed by atoms with Crippen LogP contribution in [-0.2, 0) is 29.2 Å². The molecule has 4 aromatic carbocycles. The lowest BCUT2D eigenvalue weighted by molar-refractivity contribution is -0.602. The zero-order valence-electron chi connectivity index (χ0n) is 31.8. The highest BCUT2D eigenvalue weighted by molar-refractivity contribution is 6.30. The van der Waals surface area contributed by atoms with Gasteiger partial charge in [0.2, 0.25) is 5.95 Å². The van der Waals surface area contributed by atoms with E-state index in [1.165, 1.54) is 27.2 Å². The number of anilines is 2. The Kier molecular flexibility index (Phi) is 14.7. The van der Waals surface area contributed by atoms with Crippen molar-refractivity contribution in [3.05, 3.63) is 174 Å². The average Bonchev–Trinajstić information content (AvgIpc) is 3.20. The molecule has 0 saturated heterocycles. The molecule has 294 valence electrons. The molecule has 0 aliphatic carbocycles. The maximum absolute atomic E-state index is 13.2. The van der Waals surface area contributed by atoms with Crippen LogP contribution in [-0.4, -0.2) is 44.4 Å². The summed E-state index contributed by atoms with van der Waals surface area (Å²) in [4.78, 5) is 57.9. The van der Waals surface area contributed by atoms with Gasteiger partial charge in [0.25, 0.3) is 5.56 Å². The van der Waals surface area contributed by atoms with Crippen molar-refractivity contribution in [1.82, 2.24) is 19.2 Å². The van der Waals surface area contributed by atoms with Crippen LogP contribution in [0.2, 0.25) is 10.0 Å². The Morgan fingerprint density at radius 1 is 0.719 bits per heavy atom. The number of nitrogens with zero attached hydrogens (tertiary/aromatic N) is 5. The lowest BCUT2D eigenvalue weighted by Gasteiger charge is -2.15. The molecule has 0 unspecified atom stereocenters. The number of hydrogen-bond donors (Lipinski definition) is 1. The number of aromatic nitrogens is 5. The van der Waals surface area contributed by atoms with E-state index in [0.717, 1.165) is 16.7 Å². The lowest BCUT2D eigenvalue weighted by atomic mass is 10.2. The van der Waals surface area contributed by atoms with Crippen LogP contribution < -0.4 is 20.2 Å². The van der Waals surface area contributed by atoms with Crippen LogP contribution >= 0.6 is 23.2 Å². The first-order valence-electron chi connectivity index (χ1n) is 17.9. The van der Waals surface area contributed by atoms with Crippen molar-refractivity contribution in [1.29, 1.82) is 0 Å². The van der Waals surface area contributed by atoms with Gasteiger partial charge in [-0.1, -0.05) is 82.0 Å². The van der Waals surface area contributed by atoms with E-state index >= 15 is 0 Å². The van der Waals surface area contributed by atoms with Gasteiger partial charge in [-0.15, -0.1) is 0 Å². The van der Waals surface area contributed by atoms with E-state index < -0.39 is 17.5 Å². The Morgan fingerprint density at radius 3 is 1.88 bits per heavy atom. The van der Waals surface area contributed by atoms with Crippen LogP contribution in [0.4, 0.5) is 11.6 Å². The largest absolute Gasteiger partial charge is 0.489 e. The van der Waals surface area contributed by atoms with Crippen LogP contribution in [0.5, 0.6) is 5.75 Å². The van der Waals surface area contributed by atoms with Crippen molar-refractivity contribution >= 4 is 46.8 Å². The molecule has 0 aliphatic heterocycles. The number of carbonyl (C=O) groups is 2. The zero-order valence-corrected chi connectivity index (χ0v) is 33.3. The maximum atomic E-state index is 13.2. The number of rotatable bonds is 13. The molecular formula is C42H41Cl2N6O7+. The minimum atomic E-state index is -0.707. The Hall–Kier alpha value is -6.31. The summed E-state index contributed by atoms with van der Waals surface area (Å²) in [5.74, 6) is 0.0981. The topological polar surface area (TPSA) is 150 Å². The second kappa shape index (κ2) is 20.0. The van der Waals surface area contributed by atoms with Crippen molar-refractivity contribution in [2.75, 3.05) is 18.5 Å². The van der Waals surface area contributed by atoms with Gasteiger partial charge in [0.05, 0.1) is 30.9 Å². The minimum absolute atomic E-state index is 0.129. The summed E-state index contributed by atoms with van der Waals surface area (Å²) < 4.78 is 19.0. The fourth-order valence-corrected chi connectivity index (χ4v) is 5.54. The van der Waals surface area contributed by atoms with Crippen LogP contribution in [0.25, 0.3) is 0 Å². The SMILES string of the molecule is CCOC(=O)c1cnc(C)n(Cc2ccc(Cl)cc2)[n+]1=O.CCOC(=O)c1cnc(Nc2ccc(OCc3ccc(C)cc3)cc2)n(Cc2ccc(Cl)cc2)c1=O. The lowest BCUT2D eigenvalue weighted by Crippen LogP contribution is -2.40. The summed E-state index contributed by atoms with van der Waals surface area (Å²) in [6.45, 7) is 8.40.